The van der Waals surface area contributed by atoms with Crippen molar-refractivity contribution in [3.63, 3.8) is 0 Å². The highest BCUT2D eigenvalue weighted by Gasteiger charge is 2.09. The Labute approximate surface area is 128 Å². The Morgan fingerprint density at radius 3 is 2.95 bits per heavy atom. The molecule has 0 bridgehead atoms. The maximum Gasteiger partial charge on any atom is 0.336 e. The second kappa shape index (κ2) is 4.92. The molecule has 0 saturated heterocycles. The SMILES string of the molecule is Cc1cc(=O)oc2cc(Oc3ncnc4sccc34)ccc12. The zero-order valence-electron chi connectivity index (χ0n) is 11.6. The number of benzene rings is 1. The van der Waals surface area contributed by atoms with Gasteiger partial charge in [-0.1, -0.05) is 0 Å². The molecule has 4 rings (SSSR count). The van der Waals surface area contributed by atoms with Gasteiger partial charge < -0.3 is 9.15 Å². The van der Waals surface area contributed by atoms with E-state index in [4.69, 9.17) is 9.15 Å². The van der Waals surface area contributed by atoms with E-state index in [-0.39, 0.29) is 5.63 Å². The monoisotopic (exact) mass is 310 g/mol. The van der Waals surface area contributed by atoms with Crippen molar-refractivity contribution in [2.24, 2.45) is 0 Å². The third-order valence-corrected chi connectivity index (χ3v) is 4.18. The predicted molar refractivity (Wildman–Crippen MR) is 84.7 cm³/mol. The lowest BCUT2D eigenvalue weighted by molar-refractivity contribution is 0.466. The Bertz CT molecular complexity index is 1050. The van der Waals surface area contributed by atoms with Crippen molar-refractivity contribution in [3.05, 3.63) is 58.0 Å². The number of fused-ring (bicyclic) bond motifs is 2. The van der Waals surface area contributed by atoms with Crippen molar-refractivity contribution >= 4 is 32.5 Å². The molecular formula is C16H10N2O3S. The highest BCUT2D eigenvalue weighted by atomic mass is 32.1. The molecule has 3 heterocycles. The average Bonchev–Trinajstić information content (AvgIpc) is 2.96. The lowest BCUT2D eigenvalue weighted by atomic mass is 10.1. The number of hydrogen-bond donors (Lipinski definition) is 0. The molecule has 0 spiro atoms. The van der Waals surface area contributed by atoms with Crippen LogP contribution < -0.4 is 10.4 Å². The van der Waals surface area contributed by atoms with Crippen LogP contribution in [-0.2, 0) is 0 Å². The van der Waals surface area contributed by atoms with Gasteiger partial charge in [0.2, 0.25) is 5.88 Å². The quantitative estimate of drug-likeness (QED) is 0.525. The number of thiophene rings is 1. The van der Waals surface area contributed by atoms with Gasteiger partial charge in [0.25, 0.3) is 0 Å². The zero-order chi connectivity index (χ0) is 15.1. The van der Waals surface area contributed by atoms with Gasteiger partial charge in [-0.05, 0) is 36.1 Å². The number of hydrogen-bond acceptors (Lipinski definition) is 6. The Hall–Kier alpha value is -2.73. The van der Waals surface area contributed by atoms with Crippen LogP contribution in [-0.4, -0.2) is 9.97 Å². The summed E-state index contributed by atoms with van der Waals surface area (Å²) >= 11 is 1.53. The normalized spacial score (nSPS) is 11.1. The van der Waals surface area contributed by atoms with Gasteiger partial charge in [0.05, 0.1) is 5.39 Å². The molecule has 0 fully saturated rings. The van der Waals surface area contributed by atoms with Gasteiger partial charge in [-0.3, -0.25) is 0 Å². The number of aryl methyl sites for hydroxylation is 1. The van der Waals surface area contributed by atoms with Gasteiger partial charge in [0, 0.05) is 17.5 Å². The average molecular weight is 310 g/mol. The molecule has 6 heteroatoms. The summed E-state index contributed by atoms with van der Waals surface area (Å²) in [4.78, 5) is 20.7. The van der Waals surface area contributed by atoms with Crippen molar-refractivity contribution in [1.82, 2.24) is 9.97 Å². The maximum absolute atomic E-state index is 11.5. The molecule has 0 saturated carbocycles. The summed E-state index contributed by atoms with van der Waals surface area (Å²) in [5.74, 6) is 1.05. The van der Waals surface area contributed by atoms with Crippen LogP contribution in [0, 0.1) is 6.92 Å². The van der Waals surface area contributed by atoms with Crippen LogP contribution in [0.15, 0.2) is 51.3 Å². The molecule has 3 aromatic heterocycles. The lowest BCUT2D eigenvalue weighted by Crippen LogP contribution is -1.98. The van der Waals surface area contributed by atoms with Crippen LogP contribution >= 0.6 is 11.3 Å². The molecule has 0 aliphatic rings. The van der Waals surface area contributed by atoms with E-state index in [1.807, 2.05) is 30.5 Å². The van der Waals surface area contributed by atoms with Gasteiger partial charge in [-0.15, -0.1) is 11.3 Å². The summed E-state index contributed by atoms with van der Waals surface area (Å²) in [6.45, 7) is 1.87. The Morgan fingerprint density at radius 2 is 2.05 bits per heavy atom. The standard InChI is InChI=1S/C16H10N2O3S/c1-9-6-14(19)21-13-7-10(2-3-11(9)13)20-15-12-4-5-22-16(12)18-8-17-15/h2-8H,1H3. The number of rotatable bonds is 2. The molecule has 4 aromatic rings. The highest BCUT2D eigenvalue weighted by molar-refractivity contribution is 7.16. The van der Waals surface area contributed by atoms with E-state index in [1.54, 1.807) is 6.07 Å². The zero-order valence-corrected chi connectivity index (χ0v) is 12.4. The van der Waals surface area contributed by atoms with Crippen LogP contribution in [0.25, 0.3) is 21.2 Å². The molecule has 0 unspecified atom stereocenters. The van der Waals surface area contributed by atoms with E-state index in [2.05, 4.69) is 9.97 Å². The van der Waals surface area contributed by atoms with Crippen LogP contribution in [0.3, 0.4) is 0 Å². The van der Waals surface area contributed by atoms with Crippen molar-refractivity contribution < 1.29 is 9.15 Å². The van der Waals surface area contributed by atoms with Crippen LogP contribution in [0.2, 0.25) is 0 Å². The van der Waals surface area contributed by atoms with Crippen LogP contribution in [0.4, 0.5) is 0 Å². The summed E-state index contributed by atoms with van der Waals surface area (Å²) in [5, 5.41) is 3.68. The maximum atomic E-state index is 11.5. The van der Waals surface area contributed by atoms with E-state index in [1.165, 1.54) is 23.7 Å². The van der Waals surface area contributed by atoms with Crippen molar-refractivity contribution in [3.8, 4) is 11.6 Å². The summed E-state index contributed by atoms with van der Waals surface area (Å²) in [7, 11) is 0. The largest absolute Gasteiger partial charge is 0.438 e. The van der Waals surface area contributed by atoms with E-state index in [0.717, 1.165) is 21.2 Å². The topological polar surface area (TPSA) is 65.2 Å². The first kappa shape index (κ1) is 13.0. The summed E-state index contributed by atoms with van der Waals surface area (Å²) in [5.41, 5.74) is 1.00. The molecule has 5 nitrogen and oxygen atoms in total. The summed E-state index contributed by atoms with van der Waals surface area (Å²) in [6.07, 6.45) is 1.47. The molecule has 22 heavy (non-hydrogen) atoms. The molecule has 0 amide bonds. The third-order valence-electron chi connectivity index (χ3n) is 3.36. The van der Waals surface area contributed by atoms with Crippen molar-refractivity contribution in [2.75, 3.05) is 0 Å². The molecule has 0 atom stereocenters. The van der Waals surface area contributed by atoms with Gasteiger partial charge >= 0.3 is 5.63 Å². The van der Waals surface area contributed by atoms with Gasteiger partial charge in [-0.25, -0.2) is 14.8 Å². The van der Waals surface area contributed by atoms with Gasteiger partial charge in [-0.2, -0.15) is 0 Å². The Balaban J connectivity index is 1.81. The molecule has 0 radical (unpaired) electrons. The van der Waals surface area contributed by atoms with Crippen molar-refractivity contribution in [1.29, 1.82) is 0 Å². The summed E-state index contributed by atoms with van der Waals surface area (Å²) < 4.78 is 11.1. The fraction of sp³-hybridized carbons (Fsp3) is 0.0625. The second-order valence-corrected chi connectivity index (χ2v) is 5.72. The second-order valence-electron chi connectivity index (χ2n) is 4.83. The summed E-state index contributed by atoms with van der Waals surface area (Å²) in [6, 6.07) is 8.79. The Morgan fingerprint density at radius 1 is 1.14 bits per heavy atom. The first-order chi connectivity index (χ1) is 10.7. The molecule has 0 aliphatic heterocycles. The highest BCUT2D eigenvalue weighted by Crippen LogP contribution is 2.31. The molecule has 108 valence electrons. The first-order valence-electron chi connectivity index (χ1n) is 6.61. The first-order valence-corrected chi connectivity index (χ1v) is 7.49. The van der Waals surface area contributed by atoms with Crippen LogP contribution in [0.1, 0.15) is 5.56 Å². The predicted octanol–water partition coefficient (Wildman–Crippen LogP) is 3.90. The number of aromatic nitrogens is 2. The number of ether oxygens (including phenoxy) is 1. The lowest BCUT2D eigenvalue weighted by Gasteiger charge is -2.07. The smallest absolute Gasteiger partial charge is 0.336 e. The fourth-order valence-corrected chi connectivity index (χ4v) is 3.05. The minimum atomic E-state index is -0.371. The molecule has 1 aromatic carbocycles. The molecule has 0 aliphatic carbocycles. The van der Waals surface area contributed by atoms with E-state index in [0.29, 0.717) is 17.2 Å². The van der Waals surface area contributed by atoms with E-state index >= 15 is 0 Å². The minimum Gasteiger partial charge on any atom is -0.438 e. The van der Waals surface area contributed by atoms with Crippen molar-refractivity contribution in [2.45, 2.75) is 6.92 Å². The van der Waals surface area contributed by atoms with E-state index in [9.17, 15) is 4.79 Å². The minimum absolute atomic E-state index is 0.371. The molecular weight excluding hydrogens is 300 g/mol. The third kappa shape index (κ3) is 2.14. The van der Waals surface area contributed by atoms with Gasteiger partial charge in [0.15, 0.2) is 0 Å². The van der Waals surface area contributed by atoms with Gasteiger partial charge in [0.1, 0.15) is 22.5 Å². The molecule has 0 N–H and O–H groups in total. The number of nitrogens with zero attached hydrogens (tertiary/aromatic N) is 2. The van der Waals surface area contributed by atoms with E-state index < -0.39 is 0 Å². The Kier molecular flexibility index (Phi) is 2.90. The fourth-order valence-electron chi connectivity index (χ4n) is 2.33. The van der Waals surface area contributed by atoms with Crippen LogP contribution in [0.5, 0.6) is 11.6 Å².